The Bertz CT molecular complexity index is 729. The Kier molecular flexibility index (Phi) is 3.04. The highest BCUT2D eigenvalue weighted by atomic mass is 14.9. The largest absolute Gasteiger partial charge is 0.213 e. The zero-order chi connectivity index (χ0) is 13.2. The Morgan fingerprint density at radius 2 is 1.68 bits per heavy atom. The molecular weight excluding hydrogens is 230 g/mol. The van der Waals surface area contributed by atoms with Gasteiger partial charge in [0.05, 0.1) is 5.56 Å². The fourth-order valence-electron chi connectivity index (χ4n) is 2.70. The number of aryl methyl sites for hydroxylation is 2. The molecule has 2 aromatic carbocycles. The Morgan fingerprint density at radius 3 is 2.47 bits per heavy atom. The van der Waals surface area contributed by atoms with Gasteiger partial charge in [-0.05, 0) is 28.8 Å². The van der Waals surface area contributed by atoms with Crippen LogP contribution < -0.4 is 4.57 Å². The molecule has 1 nitrogen and oxygen atoms in total. The van der Waals surface area contributed by atoms with E-state index in [0.717, 1.165) is 6.42 Å². The first-order chi connectivity index (χ1) is 9.31. The van der Waals surface area contributed by atoms with Crippen molar-refractivity contribution in [3.63, 3.8) is 0 Å². The molecule has 0 fully saturated rings. The third-order valence-electron chi connectivity index (χ3n) is 3.71. The number of benzene rings is 2. The van der Waals surface area contributed by atoms with Crippen LogP contribution in [-0.2, 0) is 13.5 Å². The number of hydrogen-bond acceptors (Lipinski definition) is 0. The molecule has 0 aliphatic carbocycles. The average Bonchev–Trinajstić information content (AvgIpc) is 2.47. The average molecular weight is 248 g/mol. The summed E-state index contributed by atoms with van der Waals surface area (Å²) in [6, 6.07) is 19.5. The van der Waals surface area contributed by atoms with E-state index in [-0.39, 0.29) is 0 Å². The van der Waals surface area contributed by atoms with Gasteiger partial charge < -0.3 is 0 Å². The van der Waals surface area contributed by atoms with Crippen LogP contribution >= 0.6 is 0 Å². The Hall–Kier alpha value is -2.15. The molecule has 0 saturated carbocycles. The molecule has 0 aliphatic heterocycles. The van der Waals surface area contributed by atoms with Gasteiger partial charge in [-0.15, -0.1) is 0 Å². The first kappa shape index (κ1) is 11.9. The first-order valence-electron chi connectivity index (χ1n) is 6.77. The Morgan fingerprint density at radius 1 is 0.895 bits per heavy atom. The smallest absolute Gasteiger partial charge is 0.201 e. The predicted octanol–water partition coefficient (Wildman–Crippen LogP) is 3.89. The lowest BCUT2D eigenvalue weighted by Crippen LogP contribution is -2.30. The van der Waals surface area contributed by atoms with Crippen LogP contribution in [0.5, 0.6) is 0 Å². The summed E-state index contributed by atoms with van der Waals surface area (Å²) in [5.41, 5.74) is 4.04. The quantitative estimate of drug-likeness (QED) is 0.606. The minimum atomic E-state index is 1.05. The molecule has 0 bridgehead atoms. The van der Waals surface area contributed by atoms with Gasteiger partial charge in [-0.1, -0.05) is 43.3 Å². The monoisotopic (exact) mass is 248 g/mol. The van der Waals surface area contributed by atoms with Gasteiger partial charge in [0.1, 0.15) is 7.05 Å². The number of pyridine rings is 1. The molecule has 3 aromatic rings. The van der Waals surface area contributed by atoms with E-state index in [9.17, 15) is 0 Å². The van der Waals surface area contributed by atoms with Crippen molar-refractivity contribution in [2.45, 2.75) is 13.3 Å². The highest BCUT2D eigenvalue weighted by Crippen LogP contribution is 2.30. The van der Waals surface area contributed by atoms with E-state index in [1.807, 2.05) is 0 Å². The van der Waals surface area contributed by atoms with Gasteiger partial charge in [0.15, 0.2) is 6.20 Å². The van der Waals surface area contributed by atoms with Crippen molar-refractivity contribution in [1.29, 1.82) is 0 Å². The van der Waals surface area contributed by atoms with Crippen molar-refractivity contribution in [3.8, 4) is 11.3 Å². The molecule has 1 heterocycles. The zero-order valence-electron chi connectivity index (χ0n) is 11.4. The van der Waals surface area contributed by atoms with E-state index in [1.54, 1.807) is 0 Å². The van der Waals surface area contributed by atoms with E-state index in [0.29, 0.717) is 0 Å². The van der Waals surface area contributed by atoms with Crippen LogP contribution in [0, 0.1) is 0 Å². The minimum absolute atomic E-state index is 1.05. The second-order valence-electron chi connectivity index (χ2n) is 4.87. The maximum absolute atomic E-state index is 2.25. The van der Waals surface area contributed by atoms with Crippen molar-refractivity contribution in [3.05, 3.63) is 66.4 Å². The van der Waals surface area contributed by atoms with E-state index in [2.05, 4.69) is 79.3 Å². The number of fused-ring (bicyclic) bond motifs is 1. The molecule has 3 rings (SSSR count). The zero-order valence-corrected chi connectivity index (χ0v) is 11.4. The van der Waals surface area contributed by atoms with Crippen LogP contribution in [-0.4, -0.2) is 0 Å². The second-order valence-corrected chi connectivity index (χ2v) is 4.87. The fourth-order valence-corrected chi connectivity index (χ4v) is 2.70. The van der Waals surface area contributed by atoms with Crippen LogP contribution in [0.4, 0.5) is 0 Å². The van der Waals surface area contributed by atoms with E-state index in [1.165, 1.54) is 27.6 Å². The lowest BCUT2D eigenvalue weighted by atomic mass is 9.94. The maximum atomic E-state index is 2.25. The summed E-state index contributed by atoms with van der Waals surface area (Å²) in [7, 11) is 2.11. The predicted molar refractivity (Wildman–Crippen MR) is 79.9 cm³/mol. The first-order valence-corrected chi connectivity index (χ1v) is 6.77. The van der Waals surface area contributed by atoms with Crippen molar-refractivity contribution in [1.82, 2.24) is 0 Å². The molecule has 1 heteroatoms. The van der Waals surface area contributed by atoms with Gasteiger partial charge in [-0.25, -0.2) is 4.57 Å². The topological polar surface area (TPSA) is 3.88 Å². The lowest BCUT2D eigenvalue weighted by molar-refractivity contribution is -0.660. The molecule has 0 radical (unpaired) electrons. The summed E-state index contributed by atoms with van der Waals surface area (Å²) >= 11 is 0. The van der Waals surface area contributed by atoms with Gasteiger partial charge in [0.2, 0.25) is 5.69 Å². The molecule has 0 amide bonds. The van der Waals surface area contributed by atoms with Gasteiger partial charge in [-0.3, -0.25) is 0 Å². The van der Waals surface area contributed by atoms with Crippen LogP contribution in [0.1, 0.15) is 12.5 Å². The molecule has 94 valence electrons. The molecule has 0 aliphatic rings. The number of aromatic nitrogens is 1. The molecule has 0 saturated heterocycles. The number of hydrogen-bond donors (Lipinski definition) is 0. The second kappa shape index (κ2) is 4.85. The normalized spacial score (nSPS) is 10.8. The maximum Gasteiger partial charge on any atom is 0.213 e. The SMILES string of the molecule is CCc1ccc2ccccc2c1-c1cccc[n+]1C. The Balaban J connectivity index is 2.41. The standard InChI is InChI=1S/C18H18N/c1-3-14-11-12-15-8-4-5-9-16(15)18(14)17-10-6-7-13-19(17)2/h4-13H,3H2,1-2H3/q+1. The van der Waals surface area contributed by atoms with Gasteiger partial charge in [0, 0.05) is 12.1 Å². The number of rotatable bonds is 2. The molecule has 0 spiro atoms. The van der Waals surface area contributed by atoms with E-state index < -0.39 is 0 Å². The van der Waals surface area contributed by atoms with Crippen LogP contribution in [0.2, 0.25) is 0 Å². The molecular formula is C18H18N+. The van der Waals surface area contributed by atoms with Gasteiger partial charge >= 0.3 is 0 Å². The highest BCUT2D eigenvalue weighted by molar-refractivity contribution is 5.96. The lowest BCUT2D eigenvalue weighted by Gasteiger charge is -2.10. The molecule has 0 N–H and O–H groups in total. The Labute approximate surface area is 114 Å². The number of nitrogens with zero attached hydrogens (tertiary/aromatic N) is 1. The van der Waals surface area contributed by atoms with Gasteiger partial charge in [-0.2, -0.15) is 0 Å². The summed E-state index contributed by atoms with van der Waals surface area (Å²) in [6.07, 6.45) is 3.16. The molecule has 0 unspecified atom stereocenters. The summed E-state index contributed by atoms with van der Waals surface area (Å²) in [6.45, 7) is 2.22. The fraction of sp³-hybridized carbons (Fsp3) is 0.167. The third-order valence-corrected chi connectivity index (χ3v) is 3.71. The molecule has 19 heavy (non-hydrogen) atoms. The van der Waals surface area contributed by atoms with Gasteiger partial charge in [0.25, 0.3) is 0 Å². The summed E-state index contributed by atoms with van der Waals surface area (Å²) in [4.78, 5) is 0. The summed E-state index contributed by atoms with van der Waals surface area (Å²) in [5, 5.41) is 2.64. The van der Waals surface area contributed by atoms with Crippen molar-refractivity contribution in [2.24, 2.45) is 7.05 Å². The van der Waals surface area contributed by atoms with E-state index in [4.69, 9.17) is 0 Å². The highest BCUT2D eigenvalue weighted by Gasteiger charge is 2.15. The third kappa shape index (κ3) is 2.01. The van der Waals surface area contributed by atoms with Crippen LogP contribution in [0.25, 0.3) is 22.0 Å². The molecule has 1 aromatic heterocycles. The van der Waals surface area contributed by atoms with Crippen molar-refractivity contribution in [2.75, 3.05) is 0 Å². The molecule has 0 atom stereocenters. The minimum Gasteiger partial charge on any atom is -0.201 e. The van der Waals surface area contributed by atoms with E-state index >= 15 is 0 Å². The summed E-state index contributed by atoms with van der Waals surface area (Å²) < 4.78 is 2.20. The van der Waals surface area contributed by atoms with Crippen LogP contribution in [0.15, 0.2) is 60.8 Å². The summed E-state index contributed by atoms with van der Waals surface area (Å²) in [5.74, 6) is 0. The van der Waals surface area contributed by atoms with Crippen LogP contribution in [0.3, 0.4) is 0 Å². The van der Waals surface area contributed by atoms with Crippen molar-refractivity contribution < 1.29 is 4.57 Å². The van der Waals surface area contributed by atoms with Crippen molar-refractivity contribution >= 4 is 10.8 Å².